The van der Waals surface area contributed by atoms with E-state index in [9.17, 15) is 4.79 Å². The van der Waals surface area contributed by atoms with Crippen LogP contribution in [0.4, 0.5) is 11.5 Å². The minimum Gasteiger partial charge on any atom is -0.378 e. The second-order valence-electron chi connectivity index (χ2n) is 7.71. The Kier molecular flexibility index (Phi) is 6.01. The fourth-order valence-corrected chi connectivity index (χ4v) is 4.09. The Morgan fingerprint density at radius 2 is 1.93 bits per heavy atom. The van der Waals surface area contributed by atoms with Gasteiger partial charge in [0, 0.05) is 49.7 Å². The maximum absolute atomic E-state index is 13.0. The number of hydrogen-bond donors (Lipinski definition) is 1. The normalized spacial score (nSPS) is 15.4. The van der Waals surface area contributed by atoms with E-state index in [4.69, 9.17) is 15.5 Å². The molecule has 1 atom stereocenters. The van der Waals surface area contributed by atoms with Crippen molar-refractivity contribution in [3.63, 3.8) is 0 Å². The largest absolute Gasteiger partial charge is 0.378 e. The number of nitrogens with two attached hydrogens (primary N) is 1. The van der Waals surface area contributed by atoms with Gasteiger partial charge in [-0.3, -0.25) is 9.20 Å². The van der Waals surface area contributed by atoms with Crippen LogP contribution >= 0.6 is 0 Å². The molecule has 1 fully saturated rings. The van der Waals surface area contributed by atoms with Crippen LogP contribution in [-0.4, -0.2) is 48.8 Å². The molecule has 4 rings (SSSR count). The minimum absolute atomic E-state index is 0.00214. The summed E-state index contributed by atoms with van der Waals surface area (Å²) in [6.07, 6.45) is 1.86. The highest BCUT2D eigenvalue weighted by Gasteiger charge is 2.22. The fraction of sp³-hybridized carbons (Fsp3) is 0.391. The number of benzene rings is 1. The van der Waals surface area contributed by atoms with Gasteiger partial charge in [0.05, 0.1) is 19.3 Å². The molecule has 158 valence electrons. The van der Waals surface area contributed by atoms with E-state index in [1.54, 1.807) is 10.5 Å². The molecular formula is C23H29N5O2. The number of para-hydroxylation sites is 1. The molecule has 1 aliphatic heterocycles. The number of pyridine rings is 1. The number of ether oxygens (including phenoxy) is 1. The molecule has 3 heterocycles. The number of fused-ring (bicyclic) bond motifs is 1. The van der Waals surface area contributed by atoms with Crippen LogP contribution in [0.25, 0.3) is 5.65 Å². The zero-order chi connectivity index (χ0) is 21.1. The molecule has 2 N–H and O–H groups in total. The van der Waals surface area contributed by atoms with E-state index < -0.39 is 0 Å². The zero-order valence-electron chi connectivity index (χ0n) is 17.6. The van der Waals surface area contributed by atoms with Crippen LogP contribution in [-0.2, 0) is 4.74 Å². The van der Waals surface area contributed by atoms with Crippen LogP contribution in [0, 0.1) is 6.92 Å². The predicted molar refractivity (Wildman–Crippen MR) is 120 cm³/mol. The average molecular weight is 408 g/mol. The van der Waals surface area contributed by atoms with Gasteiger partial charge in [-0.05, 0) is 37.6 Å². The molecule has 7 heteroatoms. The van der Waals surface area contributed by atoms with Crippen molar-refractivity contribution in [2.45, 2.75) is 19.9 Å². The number of morpholine rings is 1. The highest BCUT2D eigenvalue weighted by molar-refractivity contribution is 5.59. The lowest BCUT2D eigenvalue weighted by Crippen LogP contribution is -2.38. The van der Waals surface area contributed by atoms with Gasteiger partial charge in [0.1, 0.15) is 11.5 Å². The molecule has 0 aliphatic carbocycles. The number of aryl methyl sites for hydroxylation is 1. The van der Waals surface area contributed by atoms with Gasteiger partial charge in [-0.2, -0.15) is 0 Å². The molecule has 7 nitrogen and oxygen atoms in total. The Morgan fingerprint density at radius 1 is 1.20 bits per heavy atom. The van der Waals surface area contributed by atoms with Crippen molar-refractivity contribution in [1.82, 2.24) is 9.38 Å². The quantitative estimate of drug-likeness (QED) is 0.676. The molecule has 0 saturated carbocycles. The Labute approximate surface area is 176 Å². The smallest absolute Gasteiger partial charge is 0.259 e. The van der Waals surface area contributed by atoms with Crippen LogP contribution in [0.15, 0.2) is 53.5 Å². The first-order valence-corrected chi connectivity index (χ1v) is 10.5. The van der Waals surface area contributed by atoms with E-state index in [1.807, 2.05) is 31.3 Å². The number of nitrogens with zero attached hydrogens (tertiary/aromatic N) is 4. The summed E-state index contributed by atoms with van der Waals surface area (Å²) in [6.45, 7) is 8.17. The van der Waals surface area contributed by atoms with Crippen molar-refractivity contribution in [2.24, 2.45) is 5.73 Å². The van der Waals surface area contributed by atoms with Gasteiger partial charge in [0.25, 0.3) is 5.56 Å². The molecule has 30 heavy (non-hydrogen) atoms. The lowest BCUT2D eigenvalue weighted by atomic mass is 10.0. The summed E-state index contributed by atoms with van der Waals surface area (Å²) in [5, 5.41) is 0. The second-order valence-corrected chi connectivity index (χ2v) is 7.71. The lowest BCUT2D eigenvalue weighted by molar-refractivity contribution is 0.122. The van der Waals surface area contributed by atoms with Gasteiger partial charge in [-0.15, -0.1) is 0 Å². The maximum Gasteiger partial charge on any atom is 0.259 e. The first-order valence-electron chi connectivity index (χ1n) is 10.5. The number of anilines is 2. The third kappa shape index (κ3) is 4.04. The summed E-state index contributed by atoms with van der Waals surface area (Å²) >= 11 is 0. The lowest BCUT2D eigenvalue weighted by Gasteiger charge is -2.32. The van der Waals surface area contributed by atoms with Crippen LogP contribution in [0.3, 0.4) is 0 Å². The van der Waals surface area contributed by atoms with Crippen molar-refractivity contribution >= 4 is 17.2 Å². The van der Waals surface area contributed by atoms with Gasteiger partial charge in [0.2, 0.25) is 0 Å². The molecule has 1 unspecified atom stereocenters. The van der Waals surface area contributed by atoms with Crippen molar-refractivity contribution in [3.05, 3.63) is 70.1 Å². The fourth-order valence-electron chi connectivity index (χ4n) is 4.09. The molecule has 0 bridgehead atoms. The second kappa shape index (κ2) is 8.85. The van der Waals surface area contributed by atoms with E-state index in [-0.39, 0.29) is 11.6 Å². The topological polar surface area (TPSA) is 76.1 Å². The number of hydrogen-bond acceptors (Lipinski definition) is 6. The monoisotopic (exact) mass is 407 g/mol. The standard InChI is InChI=1S/C23H29N5O2/c1-17-14-20(18(2)27(9-8-24)19-6-4-3-5-7-19)23-25-21(15-22(29)28(23)16-17)26-10-12-30-13-11-26/h3-7,14-16,18H,8-13,24H2,1-2H3. The van der Waals surface area contributed by atoms with Gasteiger partial charge in [-0.25, -0.2) is 4.98 Å². The molecule has 2 aromatic heterocycles. The molecular weight excluding hydrogens is 378 g/mol. The molecule has 1 aromatic carbocycles. The van der Waals surface area contributed by atoms with Gasteiger partial charge >= 0.3 is 0 Å². The first-order chi connectivity index (χ1) is 14.6. The Bertz CT molecular complexity index is 1060. The number of aromatic nitrogens is 2. The number of rotatable bonds is 6. The van der Waals surface area contributed by atoms with Crippen LogP contribution in [0.5, 0.6) is 0 Å². The zero-order valence-corrected chi connectivity index (χ0v) is 17.6. The SMILES string of the molecule is Cc1cc(C(C)N(CCN)c2ccccc2)c2nc(N3CCOCC3)cc(=O)n2c1. The molecule has 0 radical (unpaired) electrons. The van der Waals surface area contributed by atoms with Crippen molar-refractivity contribution in [3.8, 4) is 0 Å². The third-order valence-electron chi connectivity index (χ3n) is 5.62. The Balaban J connectivity index is 1.83. The van der Waals surface area contributed by atoms with E-state index >= 15 is 0 Å². The predicted octanol–water partition coefficient (Wildman–Crippen LogP) is 2.37. The molecule has 1 saturated heterocycles. The van der Waals surface area contributed by atoms with Gasteiger partial charge in [0.15, 0.2) is 0 Å². The Morgan fingerprint density at radius 3 is 2.63 bits per heavy atom. The summed E-state index contributed by atoms with van der Waals surface area (Å²) in [5.74, 6) is 0.714. The summed E-state index contributed by atoms with van der Waals surface area (Å²) in [7, 11) is 0. The van der Waals surface area contributed by atoms with Crippen molar-refractivity contribution in [2.75, 3.05) is 49.2 Å². The van der Waals surface area contributed by atoms with Crippen LogP contribution in [0.1, 0.15) is 24.1 Å². The average Bonchev–Trinajstić information content (AvgIpc) is 2.78. The highest BCUT2D eigenvalue weighted by Crippen LogP contribution is 2.29. The molecule has 1 aliphatic rings. The summed E-state index contributed by atoms with van der Waals surface area (Å²) in [5.41, 5.74) is 9.70. The van der Waals surface area contributed by atoms with E-state index in [0.29, 0.717) is 37.8 Å². The van der Waals surface area contributed by atoms with E-state index in [0.717, 1.165) is 29.9 Å². The highest BCUT2D eigenvalue weighted by atomic mass is 16.5. The summed E-state index contributed by atoms with van der Waals surface area (Å²) in [6, 6.07) is 14.0. The minimum atomic E-state index is -0.0660. The Hall–Kier alpha value is -2.90. The first kappa shape index (κ1) is 20.4. The van der Waals surface area contributed by atoms with Crippen LogP contribution < -0.4 is 21.1 Å². The maximum atomic E-state index is 13.0. The molecule has 3 aromatic rings. The molecule has 0 amide bonds. The van der Waals surface area contributed by atoms with Crippen LogP contribution in [0.2, 0.25) is 0 Å². The third-order valence-corrected chi connectivity index (χ3v) is 5.62. The van der Waals surface area contributed by atoms with Gasteiger partial charge < -0.3 is 20.3 Å². The van der Waals surface area contributed by atoms with Gasteiger partial charge in [-0.1, -0.05) is 18.2 Å². The summed E-state index contributed by atoms with van der Waals surface area (Å²) in [4.78, 5) is 22.3. The van der Waals surface area contributed by atoms with Crippen molar-refractivity contribution < 1.29 is 4.74 Å². The van der Waals surface area contributed by atoms with Crippen molar-refractivity contribution in [1.29, 1.82) is 0 Å². The molecule has 0 spiro atoms. The summed E-state index contributed by atoms with van der Waals surface area (Å²) < 4.78 is 7.12. The van der Waals surface area contributed by atoms with E-state index in [2.05, 4.69) is 34.9 Å². The van der Waals surface area contributed by atoms with E-state index in [1.165, 1.54) is 0 Å².